The predicted molar refractivity (Wildman–Crippen MR) is 121 cm³/mol. The monoisotopic (exact) mass is 442 g/mol. The van der Waals surface area contributed by atoms with Gasteiger partial charge < -0.3 is 10.1 Å². The van der Waals surface area contributed by atoms with Gasteiger partial charge in [0.1, 0.15) is 17.7 Å². The molecule has 3 aromatic rings. The molecule has 1 aromatic heterocycles. The number of anilines is 1. The van der Waals surface area contributed by atoms with Gasteiger partial charge in [0.25, 0.3) is 0 Å². The summed E-state index contributed by atoms with van der Waals surface area (Å²) < 4.78 is 5.20. The van der Waals surface area contributed by atoms with Crippen LogP contribution in [0.25, 0.3) is 0 Å². The van der Waals surface area contributed by atoms with Gasteiger partial charge in [-0.15, -0.1) is 22.9 Å². The van der Waals surface area contributed by atoms with Crippen LogP contribution in [0.3, 0.4) is 0 Å². The molecule has 2 amide bonds. The van der Waals surface area contributed by atoms with Crippen molar-refractivity contribution in [2.75, 3.05) is 24.4 Å². The molecule has 156 valence electrons. The molecule has 0 aliphatic rings. The number of methoxy groups -OCH3 is 1. The number of hydrogen-bond donors (Lipinski definition) is 1. The van der Waals surface area contributed by atoms with Crippen molar-refractivity contribution in [3.63, 3.8) is 0 Å². The number of hydrogen-bond acceptors (Lipinski definition) is 4. The fraction of sp³-hybridized carbons (Fsp3) is 0.217. The quantitative estimate of drug-likeness (QED) is 0.499. The molecule has 30 heavy (non-hydrogen) atoms. The number of carbonyl (C=O) groups is 2. The Labute approximate surface area is 185 Å². The summed E-state index contributed by atoms with van der Waals surface area (Å²) in [5.74, 6) is -0.163. The van der Waals surface area contributed by atoms with Crippen LogP contribution >= 0.6 is 22.9 Å². The minimum atomic E-state index is -0.805. The van der Waals surface area contributed by atoms with Crippen LogP contribution in [0.2, 0.25) is 0 Å². The predicted octanol–water partition coefficient (Wildman–Crippen LogP) is 4.43. The van der Waals surface area contributed by atoms with Crippen molar-refractivity contribution in [2.24, 2.45) is 0 Å². The summed E-state index contributed by atoms with van der Waals surface area (Å²) in [5, 5.41) is 4.86. The first-order valence-corrected chi connectivity index (χ1v) is 10.9. The summed E-state index contributed by atoms with van der Waals surface area (Å²) in [6.07, 6.45) is 0.704. The highest BCUT2D eigenvalue weighted by molar-refractivity contribution is 7.10. The van der Waals surface area contributed by atoms with E-state index in [9.17, 15) is 9.59 Å². The number of rotatable bonds is 9. The number of ether oxygens (including phenoxy) is 1. The summed E-state index contributed by atoms with van der Waals surface area (Å²) in [4.78, 5) is 28.2. The first-order valence-electron chi connectivity index (χ1n) is 9.51. The highest BCUT2D eigenvalue weighted by Gasteiger charge is 2.33. The Morgan fingerprint density at radius 2 is 1.80 bits per heavy atom. The molecule has 0 spiro atoms. The lowest BCUT2D eigenvalue weighted by molar-refractivity contribution is -0.125. The number of carbonyl (C=O) groups excluding carboxylic acids is 2. The molecular formula is C23H23ClN2O3S. The molecular weight excluding hydrogens is 420 g/mol. The maximum Gasteiger partial charge on any atom is 0.248 e. The van der Waals surface area contributed by atoms with Crippen molar-refractivity contribution >= 4 is 40.4 Å². The van der Waals surface area contributed by atoms with Crippen molar-refractivity contribution in [1.29, 1.82) is 0 Å². The average Bonchev–Trinajstić information content (AvgIpc) is 3.32. The normalized spacial score (nSPS) is 11.5. The van der Waals surface area contributed by atoms with Gasteiger partial charge in [0.15, 0.2) is 0 Å². The van der Waals surface area contributed by atoms with Gasteiger partial charge >= 0.3 is 0 Å². The minimum absolute atomic E-state index is 0.231. The SMILES string of the molecule is COc1ccc(N(C(=O)CCl)[C@H](C(=O)NCCc2ccccc2)c2cccs2)cc1. The maximum absolute atomic E-state index is 13.2. The Hall–Kier alpha value is -2.83. The number of nitrogens with zero attached hydrogens (tertiary/aromatic N) is 1. The maximum atomic E-state index is 13.2. The van der Waals surface area contributed by atoms with Crippen molar-refractivity contribution in [2.45, 2.75) is 12.5 Å². The van der Waals surface area contributed by atoms with Crippen LogP contribution < -0.4 is 15.0 Å². The number of benzene rings is 2. The van der Waals surface area contributed by atoms with Crippen LogP contribution in [0.4, 0.5) is 5.69 Å². The topological polar surface area (TPSA) is 58.6 Å². The zero-order valence-corrected chi connectivity index (χ0v) is 18.2. The molecule has 0 bridgehead atoms. The van der Waals surface area contributed by atoms with Gasteiger partial charge in [0, 0.05) is 17.1 Å². The van der Waals surface area contributed by atoms with Crippen LogP contribution in [-0.2, 0) is 16.0 Å². The third-order valence-corrected chi connectivity index (χ3v) is 5.76. The van der Waals surface area contributed by atoms with E-state index in [4.69, 9.17) is 16.3 Å². The molecule has 7 heteroatoms. The number of alkyl halides is 1. The Bertz CT molecular complexity index is 946. The number of thiophene rings is 1. The number of nitrogens with one attached hydrogen (secondary N) is 1. The molecule has 0 fully saturated rings. The Morgan fingerprint density at radius 1 is 1.07 bits per heavy atom. The van der Waals surface area contributed by atoms with Crippen LogP contribution in [0.1, 0.15) is 16.5 Å². The summed E-state index contributed by atoms with van der Waals surface area (Å²) >= 11 is 7.33. The number of halogens is 1. The van der Waals surface area contributed by atoms with Gasteiger partial charge in [0.2, 0.25) is 11.8 Å². The summed E-state index contributed by atoms with van der Waals surface area (Å²) in [5.41, 5.74) is 1.72. The van der Waals surface area contributed by atoms with E-state index < -0.39 is 6.04 Å². The lowest BCUT2D eigenvalue weighted by Gasteiger charge is -2.30. The standard InChI is InChI=1S/C23H23ClN2O3S/c1-29-19-11-9-18(10-12-19)26(21(27)16-24)22(20-8-5-15-30-20)23(28)25-14-13-17-6-3-2-4-7-17/h2-12,15,22H,13-14,16H2,1H3,(H,25,28)/t22-/m0/s1. The van der Waals surface area contributed by atoms with Crippen molar-refractivity contribution in [3.8, 4) is 5.75 Å². The van der Waals surface area contributed by atoms with Gasteiger partial charge in [-0.3, -0.25) is 14.5 Å². The van der Waals surface area contributed by atoms with E-state index >= 15 is 0 Å². The van der Waals surface area contributed by atoms with Gasteiger partial charge in [0.05, 0.1) is 7.11 Å². The van der Waals surface area contributed by atoms with Crippen molar-refractivity contribution in [1.82, 2.24) is 5.32 Å². The fourth-order valence-corrected chi connectivity index (χ4v) is 4.08. The summed E-state index contributed by atoms with van der Waals surface area (Å²) in [6, 6.07) is 19.8. The Kier molecular flexibility index (Phi) is 7.88. The van der Waals surface area contributed by atoms with Gasteiger partial charge in [-0.05, 0) is 47.7 Å². The summed E-state index contributed by atoms with van der Waals surface area (Å²) in [6.45, 7) is 0.468. The second-order valence-corrected chi connectivity index (χ2v) is 7.79. The van der Waals surface area contributed by atoms with E-state index in [1.54, 1.807) is 31.4 Å². The van der Waals surface area contributed by atoms with Crippen LogP contribution in [0.5, 0.6) is 5.75 Å². The van der Waals surface area contributed by atoms with E-state index in [0.29, 0.717) is 24.4 Å². The van der Waals surface area contributed by atoms with Gasteiger partial charge in [-0.2, -0.15) is 0 Å². The molecule has 1 atom stereocenters. The van der Waals surface area contributed by atoms with Crippen molar-refractivity contribution < 1.29 is 14.3 Å². The highest BCUT2D eigenvalue weighted by Crippen LogP contribution is 2.32. The van der Waals surface area contributed by atoms with Crippen LogP contribution in [0.15, 0.2) is 72.1 Å². The number of amides is 2. The second-order valence-electron chi connectivity index (χ2n) is 6.54. The third-order valence-electron chi connectivity index (χ3n) is 4.61. The van der Waals surface area contributed by atoms with Crippen LogP contribution in [-0.4, -0.2) is 31.3 Å². The molecule has 1 N–H and O–H groups in total. The molecule has 0 aliphatic carbocycles. The first kappa shape index (κ1) is 21.9. The highest BCUT2D eigenvalue weighted by atomic mass is 35.5. The van der Waals surface area contributed by atoms with E-state index in [1.165, 1.54) is 16.2 Å². The average molecular weight is 443 g/mol. The minimum Gasteiger partial charge on any atom is -0.497 e. The molecule has 0 unspecified atom stereocenters. The van der Waals surface area contributed by atoms with E-state index in [0.717, 1.165) is 10.4 Å². The largest absolute Gasteiger partial charge is 0.497 e. The molecule has 3 rings (SSSR count). The second kappa shape index (κ2) is 10.8. The molecule has 1 heterocycles. The summed E-state index contributed by atoms with van der Waals surface area (Å²) in [7, 11) is 1.57. The van der Waals surface area contributed by atoms with E-state index in [1.807, 2.05) is 47.8 Å². The van der Waals surface area contributed by atoms with Crippen LogP contribution in [0, 0.1) is 0 Å². The fourth-order valence-electron chi connectivity index (χ4n) is 3.14. The molecule has 0 saturated carbocycles. The van der Waals surface area contributed by atoms with Gasteiger partial charge in [-0.1, -0.05) is 36.4 Å². The molecule has 0 aliphatic heterocycles. The van der Waals surface area contributed by atoms with Crippen molar-refractivity contribution in [3.05, 3.63) is 82.6 Å². The molecule has 2 aromatic carbocycles. The Balaban J connectivity index is 1.85. The molecule has 0 radical (unpaired) electrons. The smallest absolute Gasteiger partial charge is 0.248 e. The first-order chi connectivity index (χ1) is 14.6. The zero-order chi connectivity index (χ0) is 21.3. The van der Waals surface area contributed by atoms with E-state index in [2.05, 4.69) is 5.32 Å². The lowest BCUT2D eigenvalue weighted by Crippen LogP contribution is -2.44. The third kappa shape index (κ3) is 5.40. The molecule has 0 saturated heterocycles. The Morgan fingerprint density at radius 3 is 2.40 bits per heavy atom. The van der Waals surface area contributed by atoms with Gasteiger partial charge in [-0.25, -0.2) is 0 Å². The van der Waals surface area contributed by atoms with E-state index in [-0.39, 0.29) is 17.7 Å². The molecule has 5 nitrogen and oxygen atoms in total. The zero-order valence-electron chi connectivity index (χ0n) is 16.6. The lowest BCUT2D eigenvalue weighted by atomic mass is 10.1.